The van der Waals surface area contributed by atoms with Crippen molar-refractivity contribution >= 4 is 17.4 Å². The molecule has 51 valence electrons. The van der Waals surface area contributed by atoms with Crippen molar-refractivity contribution in [2.75, 3.05) is 0 Å². The van der Waals surface area contributed by atoms with Crippen molar-refractivity contribution in [1.29, 1.82) is 0 Å². The smallest absolute Gasteiger partial charge is 0.166 e. The summed E-state index contributed by atoms with van der Waals surface area (Å²) in [6, 6.07) is 3.23. The van der Waals surface area contributed by atoms with Crippen molar-refractivity contribution in [2.45, 2.75) is 0 Å². The molecule has 1 rings (SSSR count). The van der Waals surface area contributed by atoms with Crippen molar-refractivity contribution in [1.82, 2.24) is 4.98 Å². The molecule has 0 aromatic carbocycles. The van der Waals surface area contributed by atoms with Gasteiger partial charge >= 0.3 is 0 Å². The predicted octanol–water partition coefficient (Wildman–Crippen LogP) is 1.75. The Balaban J connectivity index is 3.15. The summed E-state index contributed by atoms with van der Waals surface area (Å²) in [6.45, 7) is 3.21. The molecule has 0 amide bonds. The average Bonchev–Trinajstić information content (AvgIpc) is 1.88. The lowest BCUT2D eigenvalue weighted by atomic mass is 10.2. The number of nitrogens with zero attached hydrogens (tertiary/aromatic N) is 1. The molecule has 0 spiro atoms. The Morgan fingerprint density at radius 2 is 2.40 bits per heavy atom. The third-order valence-corrected chi connectivity index (χ3v) is 1.36. The van der Waals surface area contributed by atoms with Crippen LogP contribution in [-0.2, 0) is 0 Å². The van der Waals surface area contributed by atoms with Crippen molar-refractivity contribution in [3.05, 3.63) is 36.0 Å². The first-order chi connectivity index (χ1) is 4.72. The Labute approximate surface area is 63.8 Å². The fraction of sp³-hybridized carbons (Fsp3) is 0. The van der Waals surface area contributed by atoms with E-state index < -0.39 is 0 Å². The van der Waals surface area contributed by atoms with Crippen LogP contribution in [0, 0.1) is 6.92 Å². The quantitative estimate of drug-likeness (QED) is 0.456. The van der Waals surface area contributed by atoms with E-state index in [0.717, 1.165) is 0 Å². The van der Waals surface area contributed by atoms with Crippen molar-refractivity contribution in [3.8, 4) is 0 Å². The lowest BCUT2D eigenvalue weighted by Gasteiger charge is -1.94. The molecule has 1 radical (unpaired) electrons. The van der Waals surface area contributed by atoms with Crippen LogP contribution in [0.2, 0.25) is 5.15 Å². The number of aromatic nitrogens is 1. The van der Waals surface area contributed by atoms with Gasteiger partial charge in [-0.1, -0.05) is 11.6 Å². The van der Waals surface area contributed by atoms with Gasteiger partial charge in [-0.2, -0.15) is 0 Å². The molecule has 0 N–H and O–H groups in total. The monoisotopic (exact) mass is 154 g/mol. The molecule has 0 aliphatic heterocycles. The Bertz CT molecular complexity index is 260. The molecular formula is C7H5ClNO. The fourth-order valence-corrected chi connectivity index (χ4v) is 0.819. The van der Waals surface area contributed by atoms with E-state index in [0.29, 0.717) is 5.56 Å². The number of hydrogen-bond donors (Lipinski definition) is 0. The standard InChI is InChI=1S/C7H5ClNO/c1-5(10)6-3-2-4-9-7(6)8/h2-4H,1H2. The van der Waals surface area contributed by atoms with Crippen LogP contribution < -0.4 is 0 Å². The van der Waals surface area contributed by atoms with Gasteiger partial charge in [-0.3, -0.25) is 4.79 Å². The second-order valence-corrected chi connectivity index (χ2v) is 2.12. The number of Topliss-reactive ketones (excluding diaryl/α,β-unsaturated/α-hetero) is 1. The van der Waals surface area contributed by atoms with Crippen LogP contribution >= 0.6 is 11.6 Å². The third-order valence-electron chi connectivity index (χ3n) is 1.06. The van der Waals surface area contributed by atoms with E-state index in [2.05, 4.69) is 11.9 Å². The summed E-state index contributed by atoms with van der Waals surface area (Å²) in [6.07, 6.45) is 1.52. The molecule has 0 atom stereocenters. The summed E-state index contributed by atoms with van der Waals surface area (Å²) in [5, 5.41) is 0.211. The van der Waals surface area contributed by atoms with Gasteiger partial charge in [-0.15, -0.1) is 0 Å². The number of halogens is 1. The Morgan fingerprint density at radius 1 is 1.70 bits per heavy atom. The number of hydrogen-bond acceptors (Lipinski definition) is 2. The van der Waals surface area contributed by atoms with Gasteiger partial charge in [0.1, 0.15) is 5.15 Å². The molecule has 0 saturated carbocycles. The van der Waals surface area contributed by atoms with Gasteiger partial charge in [0.25, 0.3) is 0 Å². The van der Waals surface area contributed by atoms with Gasteiger partial charge in [0.15, 0.2) is 5.78 Å². The van der Waals surface area contributed by atoms with Gasteiger partial charge in [0, 0.05) is 13.1 Å². The van der Waals surface area contributed by atoms with E-state index in [4.69, 9.17) is 11.6 Å². The lowest BCUT2D eigenvalue weighted by Crippen LogP contribution is -1.94. The van der Waals surface area contributed by atoms with Crippen molar-refractivity contribution < 1.29 is 4.79 Å². The molecule has 1 aromatic rings. The zero-order valence-electron chi connectivity index (χ0n) is 5.17. The normalized spacial score (nSPS) is 9.40. The fourth-order valence-electron chi connectivity index (χ4n) is 0.594. The average molecular weight is 155 g/mol. The molecule has 0 aliphatic rings. The largest absolute Gasteiger partial charge is 0.294 e. The third kappa shape index (κ3) is 1.33. The number of ketones is 1. The molecule has 0 aliphatic carbocycles. The Morgan fingerprint density at radius 3 is 2.80 bits per heavy atom. The number of pyridine rings is 1. The number of carbonyl (C=O) groups excluding carboxylic acids is 1. The van der Waals surface area contributed by atoms with Gasteiger partial charge < -0.3 is 0 Å². The highest BCUT2D eigenvalue weighted by atomic mass is 35.5. The molecule has 1 heterocycles. The Kier molecular flexibility index (Phi) is 2.02. The first-order valence-electron chi connectivity index (χ1n) is 2.68. The molecule has 0 unspecified atom stereocenters. The molecule has 0 saturated heterocycles. The van der Waals surface area contributed by atoms with E-state index in [1.807, 2.05) is 0 Å². The first kappa shape index (κ1) is 7.22. The second kappa shape index (κ2) is 2.80. The highest BCUT2D eigenvalue weighted by Gasteiger charge is 2.03. The van der Waals surface area contributed by atoms with Crippen LogP contribution in [0.1, 0.15) is 10.4 Å². The van der Waals surface area contributed by atoms with E-state index in [-0.39, 0.29) is 10.9 Å². The summed E-state index contributed by atoms with van der Waals surface area (Å²) >= 11 is 5.55. The van der Waals surface area contributed by atoms with Crippen molar-refractivity contribution in [3.63, 3.8) is 0 Å². The SMILES string of the molecule is [CH2]C(=O)c1cccnc1Cl. The summed E-state index contributed by atoms with van der Waals surface area (Å²) in [4.78, 5) is 14.3. The van der Waals surface area contributed by atoms with Crippen molar-refractivity contribution in [2.24, 2.45) is 0 Å². The minimum Gasteiger partial charge on any atom is -0.294 e. The van der Waals surface area contributed by atoms with E-state index >= 15 is 0 Å². The minimum atomic E-state index is -0.307. The number of carbonyl (C=O) groups is 1. The van der Waals surface area contributed by atoms with Crippen LogP contribution in [0.3, 0.4) is 0 Å². The summed E-state index contributed by atoms with van der Waals surface area (Å²) < 4.78 is 0. The topological polar surface area (TPSA) is 30.0 Å². The first-order valence-corrected chi connectivity index (χ1v) is 3.06. The molecular weight excluding hydrogens is 150 g/mol. The van der Waals surface area contributed by atoms with Crippen LogP contribution in [0.5, 0.6) is 0 Å². The molecule has 2 nitrogen and oxygen atoms in total. The second-order valence-electron chi connectivity index (χ2n) is 1.76. The Hall–Kier alpha value is -0.890. The summed E-state index contributed by atoms with van der Waals surface area (Å²) in [5.41, 5.74) is 0.365. The maximum atomic E-state index is 10.6. The highest BCUT2D eigenvalue weighted by molar-refractivity contribution is 6.32. The van der Waals surface area contributed by atoms with Crippen LogP contribution in [0.15, 0.2) is 18.3 Å². The van der Waals surface area contributed by atoms with Crippen LogP contribution in [0.4, 0.5) is 0 Å². The van der Waals surface area contributed by atoms with Gasteiger partial charge in [-0.25, -0.2) is 4.98 Å². The molecule has 0 fully saturated rings. The van der Waals surface area contributed by atoms with Gasteiger partial charge in [-0.05, 0) is 12.1 Å². The molecule has 3 heteroatoms. The zero-order valence-corrected chi connectivity index (χ0v) is 5.93. The maximum Gasteiger partial charge on any atom is 0.166 e. The summed E-state index contributed by atoms with van der Waals surface area (Å²) in [5.74, 6) is -0.307. The predicted molar refractivity (Wildman–Crippen MR) is 38.9 cm³/mol. The summed E-state index contributed by atoms with van der Waals surface area (Å²) in [7, 11) is 0. The van der Waals surface area contributed by atoms with Gasteiger partial charge in [0.05, 0.1) is 5.56 Å². The molecule has 1 aromatic heterocycles. The number of rotatable bonds is 1. The molecule has 10 heavy (non-hydrogen) atoms. The van der Waals surface area contributed by atoms with Gasteiger partial charge in [0.2, 0.25) is 0 Å². The van der Waals surface area contributed by atoms with Crippen LogP contribution in [0.25, 0.3) is 0 Å². The maximum absolute atomic E-state index is 10.6. The lowest BCUT2D eigenvalue weighted by molar-refractivity contribution is 0.104. The van der Waals surface area contributed by atoms with E-state index in [1.54, 1.807) is 12.1 Å². The molecule has 0 bridgehead atoms. The highest BCUT2D eigenvalue weighted by Crippen LogP contribution is 2.10. The van der Waals surface area contributed by atoms with E-state index in [9.17, 15) is 4.79 Å². The minimum absolute atomic E-state index is 0.211. The van der Waals surface area contributed by atoms with Crippen LogP contribution in [-0.4, -0.2) is 10.8 Å². The zero-order chi connectivity index (χ0) is 7.56. The van der Waals surface area contributed by atoms with E-state index in [1.165, 1.54) is 6.20 Å².